The Kier molecular flexibility index (Phi) is 9.29. The van der Waals surface area contributed by atoms with Crippen LogP contribution in [0.5, 0.6) is 11.5 Å². The molecule has 1 atom stereocenters. The van der Waals surface area contributed by atoms with E-state index in [9.17, 15) is 9.59 Å². The van der Waals surface area contributed by atoms with Crippen LogP contribution in [0.2, 0.25) is 0 Å². The largest absolute Gasteiger partial charge is 0.493 e. The third-order valence-corrected chi connectivity index (χ3v) is 5.73. The van der Waals surface area contributed by atoms with Gasteiger partial charge in [-0.25, -0.2) is 4.98 Å². The summed E-state index contributed by atoms with van der Waals surface area (Å²) in [6.07, 6.45) is 0.494. The number of hydrogen-bond donors (Lipinski definition) is 2. The molecule has 0 saturated carbocycles. The standard InChI is InChI=1S/C24H34N4O6/c1-16(18-5-7-20(21(15-18)32-4)34-14-13-31-3)25-22(29)8-6-19-17(2)26-24(27-23(19)30)28-9-11-33-12-10-28/h5,7,15-16H,6,8-14H2,1-4H3,(H,25,29)(H,26,27,30). The third-order valence-electron chi connectivity index (χ3n) is 5.73. The molecule has 1 aromatic heterocycles. The summed E-state index contributed by atoms with van der Waals surface area (Å²) in [5.41, 5.74) is 1.84. The van der Waals surface area contributed by atoms with Crippen LogP contribution in [0.1, 0.15) is 36.2 Å². The van der Waals surface area contributed by atoms with Crippen molar-refractivity contribution in [2.24, 2.45) is 0 Å². The monoisotopic (exact) mass is 474 g/mol. The first kappa shape index (κ1) is 25.5. The fourth-order valence-corrected chi connectivity index (χ4v) is 3.76. The lowest BCUT2D eigenvalue weighted by atomic mass is 10.1. The Balaban J connectivity index is 1.58. The molecule has 0 bridgehead atoms. The van der Waals surface area contributed by atoms with Crippen LogP contribution in [-0.4, -0.2) is 69.6 Å². The topological polar surface area (TPSA) is 115 Å². The summed E-state index contributed by atoms with van der Waals surface area (Å²) in [6.45, 7) is 7.19. The van der Waals surface area contributed by atoms with Crippen LogP contribution in [-0.2, 0) is 20.7 Å². The van der Waals surface area contributed by atoms with Crippen molar-refractivity contribution in [2.75, 3.05) is 58.6 Å². The van der Waals surface area contributed by atoms with E-state index in [-0.39, 0.29) is 23.9 Å². The quantitative estimate of drug-likeness (QED) is 0.474. The summed E-state index contributed by atoms with van der Waals surface area (Å²) < 4.78 is 21.4. The molecule has 2 heterocycles. The SMILES string of the molecule is COCCOc1ccc(C(C)NC(=O)CCc2c(C)nc(N3CCOCC3)[nH]c2=O)cc1OC. The number of methoxy groups -OCH3 is 2. The van der Waals surface area contributed by atoms with Crippen molar-refractivity contribution in [1.82, 2.24) is 15.3 Å². The van der Waals surface area contributed by atoms with Crippen molar-refractivity contribution < 1.29 is 23.7 Å². The predicted octanol–water partition coefficient (Wildman–Crippen LogP) is 1.76. The maximum Gasteiger partial charge on any atom is 0.255 e. The molecule has 2 N–H and O–H groups in total. The smallest absolute Gasteiger partial charge is 0.255 e. The summed E-state index contributed by atoms with van der Waals surface area (Å²) in [6, 6.07) is 5.31. The van der Waals surface area contributed by atoms with Crippen molar-refractivity contribution in [3.63, 3.8) is 0 Å². The average molecular weight is 475 g/mol. The molecule has 1 fully saturated rings. The molecule has 1 aromatic carbocycles. The second kappa shape index (κ2) is 12.4. The fraction of sp³-hybridized carbons (Fsp3) is 0.542. The molecule has 3 rings (SSSR count). The number of aryl methyl sites for hydroxylation is 1. The van der Waals surface area contributed by atoms with Crippen LogP contribution in [0, 0.1) is 6.92 Å². The molecule has 0 aliphatic carbocycles. The van der Waals surface area contributed by atoms with E-state index in [1.165, 1.54) is 0 Å². The van der Waals surface area contributed by atoms with Crippen molar-refractivity contribution in [3.8, 4) is 11.5 Å². The first-order valence-electron chi connectivity index (χ1n) is 11.4. The molecule has 1 unspecified atom stereocenters. The molecule has 34 heavy (non-hydrogen) atoms. The molecular weight excluding hydrogens is 440 g/mol. The number of morpholine rings is 1. The van der Waals surface area contributed by atoms with Crippen LogP contribution in [0.25, 0.3) is 0 Å². The lowest BCUT2D eigenvalue weighted by molar-refractivity contribution is -0.121. The van der Waals surface area contributed by atoms with Gasteiger partial charge < -0.3 is 29.2 Å². The van der Waals surface area contributed by atoms with E-state index in [2.05, 4.69) is 15.3 Å². The van der Waals surface area contributed by atoms with Crippen LogP contribution in [0.4, 0.5) is 5.95 Å². The predicted molar refractivity (Wildman–Crippen MR) is 128 cm³/mol. The van der Waals surface area contributed by atoms with E-state index in [1.54, 1.807) is 21.1 Å². The first-order valence-corrected chi connectivity index (χ1v) is 11.4. The molecule has 1 aliphatic heterocycles. The summed E-state index contributed by atoms with van der Waals surface area (Å²) >= 11 is 0. The normalized spacial score (nSPS) is 14.5. The van der Waals surface area contributed by atoms with E-state index in [4.69, 9.17) is 18.9 Å². The van der Waals surface area contributed by atoms with Gasteiger partial charge in [-0.15, -0.1) is 0 Å². The highest BCUT2D eigenvalue weighted by molar-refractivity contribution is 5.76. The van der Waals surface area contributed by atoms with E-state index in [1.807, 2.05) is 30.0 Å². The molecule has 10 nitrogen and oxygen atoms in total. The third kappa shape index (κ3) is 6.71. The van der Waals surface area contributed by atoms with Crippen molar-refractivity contribution in [2.45, 2.75) is 32.7 Å². The van der Waals surface area contributed by atoms with Gasteiger partial charge in [-0.05, 0) is 38.0 Å². The number of benzene rings is 1. The van der Waals surface area contributed by atoms with Crippen LogP contribution < -0.4 is 25.2 Å². The van der Waals surface area contributed by atoms with Gasteiger partial charge >= 0.3 is 0 Å². The molecule has 10 heteroatoms. The molecule has 0 spiro atoms. The molecule has 1 saturated heterocycles. The molecule has 186 valence electrons. The number of hydrogen-bond acceptors (Lipinski definition) is 8. The van der Waals surface area contributed by atoms with Gasteiger partial charge in [0.25, 0.3) is 5.56 Å². The van der Waals surface area contributed by atoms with Crippen molar-refractivity contribution in [3.05, 3.63) is 45.4 Å². The summed E-state index contributed by atoms with van der Waals surface area (Å²) in [5, 5.41) is 2.98. The number of ether oxygens (including phenoxy) is 4. The van der Waals surface area contributed by atoms with Gasteiger partial charge in [-0.3, -0.25) is 14.6 Å². The second-order valence-corrected chi connectivity index (χ2v) is 8.09. The molecular formula is C24H34N4O6. The zero-order valence-corrected chi connectivity index (χ0v) is 20.3. The maximum atomic E-state index is 12.6. The summed E-state index contributed by atoms with van der Waals surface area (Å²) in [5.74, 6) is 1.60. The Bertz CT molecular complexity index is 1020. The van der Waals surface area contributed by atoms with Crippen molar-refractivity contribution in [1.29, 1.82) is 0 Å². The number of carbonyl (C=O) groups is 1. The Morgan fingerprint density at radius 1 is 1.24 bits per heavy atom. The zero-order valence-electron chi connectivity index (χ0n) is 20.3. The lowest BCUT2D eigenvalue weighted by Gasteiger charge is -2.27. The maximum absolute atomic E-state index is 12.6. The number of nitrogens with zero attached hydrogens (tertiary/aromatic N) is 2. The molecule has 1 amide bonds. The lowest BCUT2D eigenvalue weighted by Crippen LogP contribution is -2.38. The van der Waals surface area contributed by atoms with Gasteiger partial charge in [-0.2, -0.15) is 0 Å². The van der Waals surface area contributed by atoms with Gasteiger partial charge in [0.05, 0.1) is 33.0 Å². The number of H-pyrrole nitrogens is 1. The molecule has 0 radical (unpaired) electrons. The van der Waals surface area contributed by atoms with E-state index in [0.717, 1.165) is 5.56 Å². The highest BCUT2D eigenvalue weighted by atomic mass is 16.5. The number of carbonyl (C=O) groups excluding carboxylic acids is 1. The van der Waals surface area contributed by atoms with Gasteiger partial charge in [0.15, 0.2) is 11.5 Å². The first-order chi connectivity index (χ1) is 16.4. The number of rotatable bonds is 11. The van der Waals surface area contributed by atoms with E-state index >= 15 is 0 Å². The summed E-state index contributed by atoms with van der Waals surface area (Å²) in [7, 11) is 3.19. The second-order valence-electron chi connectivity index (χ2n) is 8.09. The molecule has 1 aliphatic rings. The minimum atomic E-state index is -0.240. The molecule has 2 aromatic rings. The Hall–Kier alpha value is -3.11. The van der Waals surface area contributed by atoms with Gasteiger partial charge in [0, 0.05) is 37.9 Å². The number of aromatic nitrogens is 2. The Morgan fingerprint density at radius 3 is 2.68 bits per heavy atom. The summed E-state index contributed by atoms with van der Waals surface area (Å²) in [4.78, 5) is 34.6. The zero-order chi connectivity index (χ0) is 24.5. The van der Waals surface area contributed by atoms with Crippen LogP contribution in [0.3, 0.4) is 0 Å². The number of nitrogens with one attached hydrogen (secondary N) is 2. The minimum Gasteiger partial charge on any atom is -0.493 e. The van der Waals surface area contributed by atoms with E-state index < -0.39 is 0 Å². The van der Waals surface area contributed by atoms with Gasteiger partial charge in [0.2, 0.25) is 11.9 Å². The van der Waals surface area contributed by atoms with Crippen molar-refractivity contribution >= 4 is 11.9 Å². The Labute approximate surface area is 199 Å². The number of anilines is 1. The number of amides is 1. The minimum absolute atomic E-state index is 0.150. The van der Waals surface area contributed by atoms with Crippen LogP contribution in [0.15, 0.2) is 23.0 Å². The highest BCUT2D eigenvalue weighted by Gasteiger charge is 2.18. The highest BCUT2D eigenvalue weighted by Crippen LogP contribution is 2.30. The number of aromatic amines is 1. The van der Waals surface area contributed by atoms with Gasteiger partial charge in [0.1, 0.15) is 6.61 Å². The van der Waals surface area contributed by atoms with E-state index in [0.29, 0.717) is 74.6 Å². The van der Waals surface area contributed by atoms with Crippen LogP contribution >= 0.6 is 0 Å². The fourth-order valence-electron chi connectivity index (χ4n) is 3.76. The Morgan fingerprint density at radius 2 is 2.00 bits per heavy atom. The van der Waals surface area contributed by atoms with Gasteiger partial charge in [-0.1, -0.05) is 6.07 Å². The average Bonchev–Trinajstić information content (AvgIpc) is 2.84.